The van der Waals surface area contributed by atoms with E-state index in [2.05, 4.69) is 54.6 Å². The smallest absolute Gasteiger partial charge is 0.0887 e. The quantitative estimate of drug-likeness (QED) is 0.228. The van der Waals surface area contributed by atoms with Crippen molar-refractivity contribution >= 4 is 36.9 Å². The lowest BCUT2D eigenvalue weighted by Gasteiger charge is -2.39. The topological polar surface area (TPSA) is 47.5 Å². The van der Waals surface area contributed by atoms with E-state index in [9.17, 15) is 5.11 Å². The van der Waals surface area contributed by atoms with Crippen molar-refractivity contribution < 1.29 is 5.11 Å². The number of rotatable bonds is 8. The number of nitrogens with one attached hydrogen (secondary N) is 2. The lowest BCUT2D eigenvalue weighted by atomic mass is 9.82. The summed E-state index contributed by atoms with van der Waals surface area (Å²) in [5.41, 5.74) is 0.453. The number of thiol groups is 2. The number of piperidine rings is 1. The molecule has 0 radical (unpaired) electrons. The minimum Gasteiger partial charge on any atom is -0.385 e. The normalized spacial score (nSPS) is 17.3. The number of halogens is 1. The van der Waals surface area contributed by atoms with Crippen molar-refractivity contribution in [1.29, 1.82) is 0 Å². The average Bonchev–Trinajstić information content (AvgIpc) is 3.01. The molecule has 32 heavy (non-hydrogen) atoms. The van der Waals surface area contributed by atoms with Crippen LogP contribution in [0.5, 0.6) is 0 Å². The summed E-state index contributed by atoms with van der Waals surface area (Å²) in [6.45, 7) is 11.5. The maximum atomic E-state index is 11.0. The third kappa shape index (κ3) is 18.5. The molecule has 2 rings (SSSR count). The summed E-state index contributed by atoms with van der Waals surface area (Å²) in [6.07, 6.45) is 13.9. The van der Waals surface area contributed by atoms with Gasteiger partial charge < -0.3 is 20.6 Å². The Labute approximate surface area is 215 Å². The third-order valence-electron chi connectivity index (χ3n) is 4.89. The van der Waals surface area contributed by atoms with Crippen LogP contribution in [0.2, 0.25) is 0 Å². The Balaban J connectivity index is 0. The van der Waals surface area contributed by atoms with E-state index < -0.39 is 5.60 Å². The van der Waals surface area contributed by atoms with E-state index in [0.29, 0.717) is 0 Å². The minimum absolute atomic E-state index is 0.650. The molecule has 0 amide bonds. The third-order valence-corrected chi connectivity index (χ3v) is 5.59. The number of hydrogen-bond acceptors (Lipinski definition) is 6. The van der Waals surface area contributed by atoms with Crippen LogP contribution in [0, 0.1) is 0 Å². The lowest BCUT2D eigenvalue weighted by Crippen LogP contribution is -2.45. The van der Waals surface area contributed by atoms with Crippen LogP contribution in [-0.4, -0.2) is 73.9 Å². The zero-order chi connectivity index (χ0) is 24.7. The van der Waals surface area contributed by atoms with Crippen LogP contribution in [0.1, 0.15) is 59.3 Å². The van der Waals surface area contributed by atoms with Crippen molar-refractivity contribution in [2.24, 2.45) is 0 Å². The highest BCUT2D eigenvalue weighted by Crippen LogP contribution is 2.33. The molecule has 1 fully saturated rings. The van der Waals surface area contributed by atoms with Gasteiger partial charge in [-0.2, -0.15) is 25.3 Å². The largest absolute Gasteiger partial charge is 0.385 e. The van der Waals surface area contributed by atoms with Crippen LogP contribution in [0.4, 0.5) is 0 Å². The van der Waals surface area contributed by atoms with E-state index in [1.54, 1.807) is 0 Å². The molecule has 0 atom stereocenters. The van der Waals surface area contributed by atoms with Gasteiger partial charge in [0.15, 0.2) is 0 Å². The highest BCUT2D eigenvalue weighted by molar-refractivity contribution is 7.80. The summed E-state index contributed by atoms with van der Waals surface area (Å²) in [4.78, 5) is 2.48. The average molecular weight is 508 g/mol. The SMILES string of the molecule is CCCS.CCNCCCCN1CCC(O)(C2=CC=C(Cl)C=CC2)CC1.CCS.CNC. The second-order valence-electron chi connectivity index (χ2n) is 7.82. The van der Waals surface area contributed by atoms with E-state index in [1.165, 1.54) is 19.3 Å². The zero-order valence-corrected chi connectivity index (χ0v) is 23.7. The zero-order valence-electron chi connectivity index (χ0n) is 21.2. The molecule has 1 aliphatic carbocycles. The van der Waals surface area contributed by atoms with Gasteiger partial charge in [0.2, 0.25) is 0 Å². The number of nitrogens with zero attached hydrogens (tertiary/aromatic N) is 1. The van der Waals surface area contributed by atoms with Gasteiger partial charge in [0.25, 0.3) is 0 Å². The molecule has 0 bridgehead atoms. The minimum atomic E-state index is -0.650. The number of allylic oxidation sites excluding steroid dienone is 5. The van der Waals surface area contributed by atoms with Gasteiger partial charge in [-0.05, 0) is 101 Å². The van der Waals surface area contributed by atoms with Gasteiger partial charge >= 0.3 is 0 Å². The fraction of sp³-hybridized carbons (Fsp3) is 0.760. The Hall–Kier alpha value is 0.0500. The number of unbranched alkanes of at least 4 members (excludes halogenated alkanes) is 1. The Bertz CT molecular complexity index is 501. The van der Waals surface area contributed by atoms with Crippen LogP contribution in [0.15, 0.2) is 34.9 Å². The molecule has 2 aliphatic rings. The van der Waals surface area contributed by atoms with E-state index in [4.69, 9.17) is 11.6 Å². The fourth-order valence-corrected chi connectivity index (χ4v) is 3.33. The monoisotopic (exact) mass is 507 g/mol. The van der Waals surface area contributed by atoms with Gasteiger partial charge in [0.1, 0.15) is 0 Å². The first-order valence-corrected chi connectivity index (χ1v) is 13.7. The molecule has 1 aliphatic heterocycles. The van der Waals surface area contributed by atoms with Gasteiger partial charge in [-0.15, -0.1) is 0 Å². The lowest BCUT2D eigenvalue weighted by molar-refractivity contribution is 0.00771. The predicted octanol–water partition coefficient (Wildman–Crippen LogP) is 5.31. The Morgan fingerprint density at radius 1 is 1.09 bits per heavy atom. The first-order chi connectivity index (χ1) is 15.4. The molecule has 0 aromatic carbocycles. The molecule has 3 N–H and O–H groups in total. The summed E-state index contributed by atoms with van der Waals surface area (Å²) >= 11 is 13.7. The van der Waals surface area contributed by atoms with Crippen molar-refractivity contribution in [3.05, 3.63) is 34.9 Å². The van der Waals surface area contributed by atoms with Crippen molar-refractivity contribution in [3.63, 3.8) is 0 Å². The van der Waals surface area contributed by atoms with E-state index >= 15 is 0 Å². The van der Waals surface area contributed by atoms with Crippen LogP contribution < -0.4 is 10.6 Å². The molecule has 0 aromatic rings. The Kier molecular flexibility index (Phi) is 25.9. The first kappa shape index (κ1) is 34.2. The van der Waals surface area contributed by atoms with Crippen molar-refractivity contribution in [2.45, 2.75) is 64.9 Å². The molecule has 190 valence electrons. The molecule has 4 nitrogen and oxygen atoms in total. The summed E-state index contributed by atoms with van der Waals surface area (Å²) in [6, 6.07) is 0. The summed E-state index contributed by atoms with van der Waals surface area (Å²) in [5.74, 6) is 1.96. The van der Waals surface area contributed by atoms with Gasteiger partial charge in [-0.25, -0.2) is 0 Å². The second kappa shape index (κ2) is 24.2. The fourth-order valence-electron chi connectivity index (χ4n) is 3.18. The predicted molar refractivity (Wildman–Crippen MR) is 153 cm³/mol. The highest BCUT2D eigenvalue weighted by Gasteiger charge is 2.34. The summed E-state index contributed by atoms with van der Waals surface area (Å²) in [5, 5.41) is 17.8. The molecule has 0 saturated carbocycles. The second-order valence-corrected chi connectivity index (χ2v) is 9.34. The number of hydrogen-bond donors (Lipinski definition) is 5. The molecule has 0 unspecified atom stereocenters. The van der Waals surface area contributed by atoms with Gasteiger partial charge in [-0.3, -0.25) is 0 Å². The van der Waals surface area contributed by atoms with Crippen LogP contribution in [0.3, 0.4) is 0 Å². The van der Waals surface area contributed by atoms with E-state index in [-0.39, 0.29) is 0 Å². The first-order valence-electron chi connectivity index (χ1n) is 12.1. The molecule has 0 spiro atoms. The van der Waals surface area contributed by atoms with Crippen LogP contribution >= 0.6 is 36.9 Å². The molecule has 1 saturated heterocycles. The van der Waals surface area contributed by atoms with Crippen molar-refractivity contribution in [1.82, 2.24) is 15.5 Å². The summed E-state index contributed by atoms with van der Waals surface area (Å²) < 4.78 is 0. The molecule has 0 aromatic heterocycles. The van der Waals surface area contributed by atoms with Crippen LogP contribution in [-0.2, 0) is 0 Å². The Morgan fingerprint density at radius 3 is 2.16 bits per heavy atom. The molecule has 1 heterocycles. The maximum Gasteiger partial charge on any atom is 0.0887 e. The van der Waals surface area contributed by atoms with E-state index in [0.717, 1.165) is 74.1 Å². The van der Waals surface area contributed by atoms with E-state index in [1.807, 2.05) is 45.3 Å². The van der Waals surface area contributed by atoms with Gasteiger partial charge in [0.05, 0.1) is 5.60 Å². The molecular weight excluding hydrogens is 458 g/mol. The summed E-state index contributed by atoms with van der Waals surface area (Å²) in [7, 11) is 3.75. The molecular formula is C25H50ClN3OS2. The van der Waals surface area contributed by atoms with Crippen molar-refractivity contribution in [3.8, 4) is 0 Å². The van der Waals surface area contributed by atoms with Crippen molar-refractivity contribution in [2.75, 3.05) is 58.3 Å². The van der Waals surface area contributed by atoms with Gasteiger partial charge in [0, 0.05) is 18.1 Å². The van der Waals surface area contributed by atoms with Gasteiger partial charge in [-0.1, -0.05) is 44.5 Å². The highest BCUT2D eigenvalue weighted by atomic mass is 35.5. The maximum absolute atomic E-state index is 11.0. The standard InChI is InChI=1S/C18H29ClN2O.C3H8S.C2H7N.C2H6S/c1-2-20-12-3-4-13-21-14-10-18(22,11-15-21)16-6-5-7-17(19)9-8-16;1-2-3-4;1-3-2;1-2-3/h5,7-9,20,22H,2-4,6,10-15H2,1H3;4H,2-3H2,1H3;3H,1-2H3;3H,2H2,1H3. The number of aliphatic hydroxyl groups is 1. The van der Waals surface area contributed by atoms with Crippen LogP contribution in [0.25, 0.3) is 0 Å². The Morgan fingerprint density at radius 2 is 1.66 bits per heavy atom. The molecule has 7 heteroatoms. The number of likely N-dealkylation sites (tertiary alicyclic amines) is 1.